The van der Waals surface area contributed by atoms with Crippen LogP contribution in [-0.4, -0.2) is 34.4 Å². The maximum atomic E-state index is 13.7. The summed E-state index contributed by atoms with van der Waals surface area (Å²) in [5.74, 6) is -0.304. The molecule has 156 valence electrons. The average molecular weight is 413 g/mol. The number of benzene rings is 3. The van der Waals surface area contributed by atoms with E-state index in [1.807, 2.05) is 51.1 Å². The second kappa shape index (κ2) is 6.02. The molecular formula is C26H23NO4. The normalized spacial score (nSPS) is 28.6. The van der Waals surface area contributed by atoms with Crippen LogP contribution in [0.1, 0.15) is 69.3 Å². The molecule has 1 unspecified atom stereocenters. The van der Waals surface area contributed by atoms with Crippen LogP contribution in [0.15, 0.2) is 42.5 Å². The number of aliphatic hydroxyl groups excluding tert-OH is 1. The lowest BCUT2D eigenvalue weighted by atomic mass is 9.73. The SMILES string of the molecule is Cc1ccc2c3c(ccc2c1)C(=O)c1c(ccc2c1N[C@@]1(C)CC2O[C@@H](C)[C@@H]1O)C3=O. The van der Waals surface area contributed by atoms with Gasteiger partial charge in [-0.15, -0.1) is 0 Å². The van der Waals surface area contributed by atoms with Gasteiger partial charge in [0.15, 0.2) is 11.6 Å². The van der Waals surface area contributed by atoms with Crippen molar-refractivity contribution in [3.63, 3.8) is 0 Å². The molecule has 2 aliphatic heterocycles. The Kier molecular flexibility index (Phi) is 3.64. The Morgan fingerprint density at radius 2 is 1.74 bits per heavy atom. The molecule has 0 spiro atoms. The Bertz CT molecular complexity index is 1330. The van der Waals surface area contributed by atoms with Crippen molar-refractivity contribution in [1.82, 2.24) is 0 Å². The summed E-state index contributed by atoms with van der Waals surface area (Å²) in [6.07, 6.45) is -0.670. The molecule has 1 aliphatic carbocycles. The monoisotopic (exact) mass is 413 g/mol. The van der Waals surface area contributed by atoms with Crippen LogP contribution >= 0.6 is 0 Å². The van der Waals surface area contributed by atoms with E-state index < -0.39 is 11.6 Å². The number of rotatable bonds is 0. The molecule has 6 rings (SSSR count). The molecule has 3 aliphatic rings. The number of ether oxygens (including phenoxy) is 1. The van der Waals surface area contributed by atoms with Gasteiger partial charge in [0, 0.05) is 28.7 Å². The summed E-state index contributed by atoms with van der Waals surface area (Å²) in [7, 11) is 0. The molecule has 1 fully saturated rings. The molecule has 2 heterocycles. The van der Waals surface area contributed by atoms with Gasteiger partial charge < -0.3 is 15.2 Å². The first-order chi connectivity index (χ1) is 14.8. The van der Waals surface area contributed by atoms with Gasteiger partial charge in [-0.1, -0.05) is 35.9 Å². The molecule has 3 aromatic rings. The van der Waals surface area contributed by atoms with Gasteiger partial charge in [0.25, 0.3) is 0 Å². The van der Waals surface area contributed by atoms with Crippen LogP contribution in [0.2, 0.25) is 0 Å². The molecule has 0 aromatic heterocycles. The van der Waals surface area contributed by atoms with Gasteiger partial charge in [-0.2, -0.15) is 0 Å². The quantitative estimate of drug-likeness (QED) is 0.449. The summed E-state index contributed by atoms with van der Waals surface area (Å²) in [5.41, 5.74) is 3.67. The van der Waals surface area contributed by atoms with Crippen molar-refractivity contribution in [3.8, 4) is 0 Å². The number of aryl methyl sites for hydroxylation is 1. The third-order valence-corrected chi connectivity index (χ3v) is 7.20. The van der Waals surface area contributed by atoms with Gasteiger partial charge in [0.05, 0.1) is 29.0 Å². The van der Waals surface area contributed by atoms with E-state index >= 15 is 0 Å². The van der Waals surface area contributed by atoms with Crippen molar-refractivity contribution in [2.75, 3.05) is 5.32 Å². The standard InChI is InChI=1S/C26H23NO4/c1-12-4-6-15-14(10-12)5-7-17-20(15)23(28)18-9-8-16-19-11-26(3,25(30)13(2)31-19)27-22(16)21(18)24(17)29/h4-10,13,19,25,27,30H,11H2,1-3H3/t13-,19?,25-,26-/m0/s1. The highest BCUT2D eigenvalue weighted by Gasteiger charge is 2.50. The summed E-state index contributed by atoms with van der Waals surface area (Å²) in [6.45, 7) is 5.82. The first-order valence-corrected chi connectivity index (χ1v) is 10.7. The predicted molar refractivity (Wildman–Crippen MR) is 118 cm³/mol. The number of anilines is 1. The Balaban J connectivity index is 1.59. The highest BCUT2D eigenvalue weighted by atomic mass is 16.5. The van der Waals surface area contributed by atoms with Crippen molar-refractivity contribution in [3.05, 3.63) is 75.8 Å². The van der Waals surface area contributed by atoms with Crippen molar-refractivity contribution in [2.24, 2.45) is 0 Å². The third kappa shape index (κ3) is 2.39. The molecule has 2 N–H and O–H groups in total. The van der Waals surface area contributed by atoms with Gasteiger partial charge >= 0.3 is 0 Å². The summed E-state index contributed by atoms with van der Waals surface area (Å²) in [4.78, 5) is 27.3. The van der Waals surface area contributed by atoms with Gasteiger partial charge in [0.1, 0.15) is 6.10 Å². The number of carbonyl (C=O) groups is 2. The number of hydrogen-bond donors (Lipinski definition) is 2. The molecule has 5 nitrogen and oxygen atoms in total. The molecule has 1 saturated heterocycles. The number of hydrogen-bond acceptors (Lipinski definition) is 5. The van der Waals surface area contributed by atoms with Crippen LogP contribution in [-0.2, 0) is 4.74 Å². The molecule has 3 aromatic carbocycles. The van der Waals surface area contributed by atoms with E-state index in [9.17, 15) is 14.7 Å². The van der Waals surface area contributed by atoms with E-state index in [0.717, 1.165) is 21.9 Å². The molecule has 5 heteroatoms. The summed E-state index contributed by atoms with van der Waals surface area (Å²) in [5, 5.41) is 15.9. The molecular weight excluding hydrogens is 390 g/mol. The van der Waals surface area contributed by atoms with E-state index in [2.05, 4.69) is 5.32 Å². The minimum absolute atomic E-state index is 0.139. The fourth-order valence-electron chi connectivity index (χ4n) is 5.60. The Labute approximate surface area is 180 Å². The maximum Gasteiger partial charge on any atom is 0.196 e. The topological polar surface area (TPSA) is 75.6 Å². The van der Waals surface area contributed by atoms with Crippen molar-refractivity contribution in [2.45, 2.75) is 51.0 Å². The zero-order valence-corrected chi connectivity index (χ0v) is 17.7. The van der Waals surface area contributed by atoms with Crippen molar-refractivity contribution in [1.29, 1.82) is 0 Å². The number of ketones is 2. The molecule has 0 saturated carbocycles. The zero-order chi connectivity index (χ0) is 21.7. The van der Waals surface area contributed by atoms with Gasteiger partial charge in [-0.25, -0.2) is 0 Å². The molecule has 4 atom stereocenters. The summed E-state index contributed by atoms with van der Waals surface area (Å²) < 4.78 is 6.07. The Hall–Kier alpha value is -3.02. The van der Waals surface area contributed by atoms with E-state index in [1.165, 1.54) is 0 Å². The van der Waals surface area contributed by atoms with Gasteiger partial charge in [0.2, 0.25) is 0 Å². The molecule has 2 bridgehead atoms. The first kappa shape index (κ1) is 18.7. The third-order valence-electron chi connectivity index (χ3n) is 7.20. The second-order valence-corrected chi connectivity index (χ2v) is 9.34. The highest BCUT2D eigenvalue weighted by Crippen LogP contribution is 2.49. The smallest absolute Gasteiger partial charge is 0.196 e. The molecule has 31 heavy (non-hydrogen) atoms. The number of aliphatic hydroxyl groups is 1. The summed E-state index contributed by atoms with van der Waals surface area (Å²) in [6, 6.07) is 13.2. The lowest BCUT2D eigenvalue weighted by molar-refractivity contribution is -0.142. The number of fused-ring (bicyclic) bond motifs is 9. The zero-order valence-electron chi connectivity index (χ0n) is 17.7. The lowest BCUT2D eigenvalue weighted by Gasteiger charge is -2.51. The van der Waals surface area contributed by atoms with Gasteiger partial charge in [-0.05, 0) is 43.7 Å². The highest BCUT2D eigenvalue weighted by molar-refractivity contribution is 6.33. The van der Waals surface area contributed by atoms with Crippen molar-refractivity contribution < 1.29 is 19.4 Å². The van der Waals surface area contributed by atoms with Crippen LogP contribution in [0, 0.1) is 6.92 Å². The van der Waals surface area contributed by atoms with Crippen LogP contribution in [0.25, 0.3) is 10.8 Å². The largest absolute Gasteiger partial charge is 0.388 e. The van der Waals surface area contributed by atoms with Crippen LogP contribution in [0.4, 0.5) is 5.69 Å². The van der Waals surface area contributed by atoms with Crippen molar-refractivity contribution >= 4 is 28.0 Å². The van der Waals surface area contributed by atoms with E-state index in [0.29, 0.717) is 34.4 Å². The minimum atomic E-state index is -0.721. The van der Waals surface area contributed by atoms with E-state index in [4.69, 9.17) is 4.74 Å². The van der Waals surface area contributed by atoms with E-state index in [1.54, 1.807) is 12.1 Å². The fourth-order valence-corrected chi connectivity index (χ4v) is 5.60. The Morgan fingerprint density at radius 3 is 2.55 bits per heavy atom. The Morgan fingerprint density at radius 1 is 1.03 bits per heavy atom. The maximum absolute atomic E-state index is 13.7. The van der Waals surface area contributed by atoms with Crippen LogP contribution < -0.4 is 5.32 Å². The lowest BCUT2D eigenvalue weighted by Crippen LogP contribution is -2.59. The predicted octanol–water partition coefficient (Wildman–Crippen LogP) is 4.32. The molecule has 0 radical (unpaired) electrons. The second-order valence-electron chi connectivity index (χ2n) is 9.34. The van der Waals surface area contributed by atoms with Crippen LogP contribution in [0.5, 0.6) is 0 Å². The van der Waals surface area contributed by atoms with E-state index in [-0.39, 0.29) is 23.8 Å². The minimum Gasteiger partial charge on any atom is -0.388 e. The number of carbonyl (C=O) groups excluding carboxylic acids is 2. The van der Waals surface area contributed by atoms with Crippen LogP contribution in [0.3, 0.4) is 0 Å². The summed E-state index contributed by atoms with van der Waals surface area (Å²) >= 11 is 0. The average Bonchev–Trinajstić information content (AvgIpc) is 2.74. The van der Waals surface area contributed by atoms with Gasteiger partial charge in [-0.3, -0.25) is 9.59 Å². The first-order valence-electron chi connectivity index (χ1n) is 10.7. The molecule has 0 amide bonds. The fraction of sp³-hybridized carbons (Fsp3) is 0.308. The number of nitrogens with one attached hydrogen (secondary N) is 1.